The molecule has 0 bridgehead atoms. The standard InChI is InChI=1S/C19H19NOS2/c1-18(2)15-10-13(22)6-7-16(15)20(3)19(18)9-8-12-4-5-14(23)11-17(12)21-19/h4-11,22-23H,1-3H3. The molecule has 118 valence electrons. The van der Waals surface area contributed by atoms with Crippen molar-refractivity contribution >= 4 is 37.0 Å². The predicted octanol–water partition coefficient (Wildman–Crippen LogP) is 4.79. The highest BCUT2D eigenvalue weighted by Crippen LogP contribution is 2.54. The molecule has 23 heavy (non-hydrogen) atoms. The van der Waals surface area contributed by atoms with Crippen LogP contribution in [-0.4, -0.2) is 12.8 Å². The minimum Gasteiger partial charge on any atom is -0.463 e. The lowest BCUT2D eigenvalue weighted by molar-refractivity contribution is 0.0579. The van der Waals surface area contributed by atoms with Gasteiger partial charge in [-0.2, -0.15) is 0 Å². The number of hydrogen-bond acceptors (Lipinski definition) is 4. The second kappa shape index (κ2) is 4.74. The van der Waals surface area contributed by atoms with Crippen LogP contribution in [0.1, 0.15) is 25.0 Å². The fourth-order valence-electron chi connectivity index (χ4n) is 3.78. The van der Waals surface area contributed by atoms with Crippen LogP contribution in [0.5, 0.6) is 5.75 Å². The second-order valence-electron chi connectivity index (χ2n) is 6.74. The monoisotopic (exact) mass is 341 g/mol. The van der Waals surface area contributed by atoms with Crippen molar-refractivity contribution in [2.75, 3.05) is 11.9 Å². The normalized spacial score (nSPS) is 23.6. The first-order valence-corrected chi connectivity index (χ1v) is 8.53. The van der Waals surface area contributed by atoms with Crippen molar-refractivity contribution in [2.24, 2.45) is 0 Å². The van der Waals surface area contributed by atoms with E-state index in [0.717, 1.165) is 21.1 Å². The molecule has 4 heteroatoms. The van der Waals surface area contributed by atoms with Crippen LogP contribution in [0, 0.1) is 0 Å². The minimum absolute atomic E-state index is 0.212. The summed E-state index contributed by atoms with van der Waals surface area (Å²) in [5.41, 5.74) is 2.76. The second-order valence-corrected chi connectivity index (χ2v) is 7.77. The quantitative estimate of drug-likeness (QED) is 0.668. The van der Waals surface area contributed by atoms with Gasteiger partial charge in [-0.15, -0.1) is 25.3 Å². The molecule has 0 saturated heterocycles. The highest BCUT2D eigenvalue weighted by Gasteiger charge is 2.57. The van der Waals surface area contributed by atoms with Crippen LogP contribution in [-0.2, 0) is 5.41 Å². The van der Waals surface area contributed by atoms with Crippen molar-refractivity contribution in [3.05, 3.63) is 53.6 Å². The number of likely N-dealkylation sites (N-methyl/N-ethyl adjacent to an activating group) is 1. The van der Waals surface area contributed by atoms with Gasteiger partial charge in [0.2, 0.25) is 5.72 Å². The average Bonchev–Trinajstić information content (AvgIpc) is 2.66. The van der Waals surface area contributed by atoms with E-state index in [4.69, 9.17) is 4.74 Å². The molecule has 2 aliphatic heterocycles. The Balaban J connectivity index is 1.90. The molecule has 2 aliphatic rings. The van der Waals surface area contributed by atoms with Crippen LogP contribution >= 0.6 is 25.3 Å². The van der Waals surface area contributed by atoms with Gasteiger partial charge < -0.3 is 9.64 Å². The number of fused-ring (bicyclic) bond motifs is 2. The summed E-state index contributed by atoms with van der Waals surface area (Å²) < 4.78 is 6.58. The van der Waals surface area contributed by atoms with Crippen molar-refractivity contribution in [1.29, 1.82) is 0 Å². The van der Waals surface area contributed by atoms with Gasteiger partial charge in [-0.05, 0) is 61.9 Å². The van der Waals surface area contributed by atoms with E-state index in [0.29, 0.717) is 0 Å². The Labute approximate surface area is 148 Å². The summed E-state index contributed by atoms with van der Waals surface area (Å²) in [6, 6.07) is 12.3. The molecule has 0 saturated carbocycles. The fraction of sp³-hybridized carbons (Fsp3) is 0.263. The molecule has 2 aromatic rings. The molecule has 1 unspecified atom stereocenters. The fourth-order valence-corrected chi connectivity index (χ4v) is 4.17. The number of rotatable bonds is 0. The molecule has 0 aliphatic carbocycles. The molecule has 1 spiro atoms. The van der Waals surface area contributed by atoms with Crippen molar-refractivity contribution in [2.45, 2.75) is 34.8 Å². The van der Waals surface area contributed by atoms with E-state index in [1.165, 1.54) is 11.3 Å². The summed E-state index contributed by atoms with van der Waals surface area (Å²) in [5.74, 6) is 0.874. The summed E-state index contributed by atoms with van der Waals surface area (Å²) in [7, 11) is 2.09. The van der Waals surface area contributed by atoms with Crippen molar-refractivity contribution in [3.63, 3.8) is 0 Å². The zero-order valence-corrected chi connectivity index (χ0v) is 15.2. The summed E-state index contributed by atoms with van der Waals surface area (Å²) in [4.78, 5) is 4.10. The van der Waals surface area contributed by atoms with Crippen molar-refractivity contribution < 1.29 is 4.74 Å². The summed E-state index contributed by atoms with van der Waals surface area (Å²) in [6.45, 7) is 4.45. The topological polar surface area (TPSA) is 12.5 Å². The third-order valence-electron chi connectivity index (χ3n) is 5.16. The van der Waals surface area contributed by atoms with Crippen LogP contribution in [0.2, 0.25) is 0 Å². The van der Waals surface area contributed by atoms with E-state index in [1.54, 1.807) is 0 Å². The maximum absolute atomic E-state index is 6.58. The summed E-state index contributed by atoms with van der Waals surface area (Å²) in [5, 5.41) is 0. The Kier molecular flexibility index (Phi) is 3.10. The Morgan fingerprint density at radius 2 is 1.70 bits per heavy atom. The van der Waals surface area contributed by atoms with E-state index < -0.39 is 5.72 Å². The van der Waals surface area contributed by atoms with E-state index in [9.17, 15) is 0 Å². The van der Waals surface area contributed by atoms with E-state index in [1.807, 2.05) is 24.3 Å². The molecule has 0 amide bonds. The van der Waals surface area contributed by atoms with Gasteiger partial charge in [-0.3, -0.25) is 0 Å². The molecule has 0 radical (unpaired) electrons. The third kappa shape index (κ3) is 1.91. The largest absolute Gasteiger partial charge is 0.463 e. The molecular weight excluding hydrogens is 322 g/mol. The van der Waals surface area contributed by atoms with Gasteiger partial charge in [0.15, 0.2) is 0 Å². The van der Waals surface area contributed by atoms with E-state index in [2.05, 4.69) is 75.3 Å². The van der Waals surface area contributed by atoms with Gasteiger partial charge in [0.25, 0.3) is 0 Å². The lowest BCUT2D eigenvalue weighted by atomic mass is 9.76. The lowest BCUT2D eigenvalue weighted by Gasteiger charge is -2.45. The van der Waals surface area contributed by atoms with E-state index >= 15 is 0 Å². The van der Waals surface area contributed by atoms with Crippen LogP contribution in [0.15, 0.2) is 52.3 Å². The van der Waals surface area contributed by atoms with Crippen LogP contribution in [0.4, 0.5) is 5.69 Å². The van der Waals surface area contributed by atoms with Gasteiger partial charge >= 0.3 is 0 Å². The SMILES string of the molecule is CN1c2ccc(S)cc2C(C)(C)C12C=Cc1ccc(S)cc1O2. The zero-order chi connectivity index (χ0) is 16.4. The third-order valence-corrected chi connectivity index (χ3v) is 5.72. The average molecular weight is 342 g/mol. The molecule has 0 N–H and O–H groups in total. The first kappa shape index (κ1) is 15.0. The number of benzene rings is 2. The summed E-state index contributed by atoms with van der Waals surface area (Å²) in [6.07, 6.45) is 4.32. The first-order chi connectivity index (χ1) is 10.8. The van der Waals surface area contributed by atoms with Crippen molar-refractivity contribution in [1.82, 2.24) is 0 Å². The molecule has 0 fully saturated rings. The first-order valence-electron chi connectivity index (χ1n) is 7.64. The Morgan fingerprint density at radius 1 is 1.00 bits per heavy atom. The molecule has 0 aromatic heterocycles. The Hall–Kier alpha value is -1.52. The molecule has 2 aromatic carbocycles. The number of nitrogens with zero attached hydrogens (tertiary/aromatic N) is 1. The molecule has 4 rings (SSSR count). The van der Waals surface area contributed by atoms with Crippen LogP contribution in [0.3, 0.4) is 0 Å². The van der Waals surface area contributed by atoms with Crippen LogP contribution in [0.25, 0.3) is 6.08 Å². The van der Waals surface area contributed by atoms with Gasteiger partial charge in [-0.25, -0.2) is 0 Å². The molecule has 1 atom stereocenters. The molecule has 2 heterocycles. The number of hydrogen-bond donors (Lipinski definition) is 2. The number of thiol groups is 2. The van der Waals surface area contributed by atoms with Gasteiger partial charge in [0.1, 0.15) is 5.75 Å². The molecule has 2 nitrogen and oxygen atoms in total. The summed E-state index contributed by atoms with van der Waals surface area (Å²) >= 11 is 8.96. The molecular formula is C19H19NOS2. The van der Waals surface area contributed by atoms with Crippen LogP contribution < -0.4 is 9.64 Å². The number of ether oxygens (including phenoxy) is 1. The smallest absolute Gasteiger partial charge is 0.211 e. The highest BCUT2D eigenvalue weighted by atomic mass is 32.1. The van der Waals surface area contributed by atoms with Gasteiger partial charge in [0, 0.05) is 28.1 Å². The zero-order valence-electron chi connectivity index (χ0n) is 13.4. The maximum atomic E-state index is 6.58. The lowest BCUT2D eigenvalue weighted by Crippen LogP contribution is -2.58. The Morgan fingerprint density at radius 3 is 2.48 bits per heavy atom. The maximum Gasteiger partial charge on any atom is 0.211 e. The van der Waals surface area contributed by atoms with Gasteiger partial charge in [0.05, 0.1) is 5.41 Å². The highest BCUT2D eigenvalue weighted by molar-refractivity contribution is 7.80. The number of anilines is 1. The van der Waals surface area contributed by atoms with Gasteiger partial charge in [-0.1, -0.05) is 6.07 Å². The van der Waals surface area contributed by atoms with Crippen molar-refractivity contribution in [3.8, 4) is 5.75 Å². The predicted molar refractivity (Wildman–Crippen MR) is 101 cm³/mol. The Bertz CT molecular complexity index is 843. The minimum atomic E-state index is -0.550. The van der Waals surface area contributed by atoms with E-state index in [-0.39, 0.29) is 5.41 Å².